The molecule has 6 atom stereocenters. The molecule has 38 heavy (non-hydrogen) atoms. The van der Waals surface area contributed by atoms with E-state index in [4.69, 9.17) is 0 Å². The molecule has 3 saturated heterocycles. The molecule has 2 bridgehead atoms. The van der Waals surface area contributed by atoms with E-state index in [-0.39, 0.29) is 24.7 Å². The predicted octanol–water partition coefficient (Wildman–Crippen LogP) is 2.52. The Morgan fingerprint density at radius 2 is 2.03 bits per heavy atom. The van der Waals surface area contributed by atoms with Gasteiger partial charge in [-0.25, -0.2) is 8.78 Å². The monoisotopic (exact) mass is 528 g/mol. The van der Waals surface area contributed by atoms with E-state index in [1.807, 2.05) is 19.1 Å². The van der Waals surface area contributed by atoms with Crippen molar-refractivity contribution in [2.75, 3.05) is 11.9 Å². The van der Waals surface area contributed by atoms with Gasteiger partial charge in [-0.05, 0) is 56.6 Å². The Bertz CT molecular complexity index is 1140. The molecule has 5 fully saturated rings. The summed E-state index contributed by atoms with van der Waals surface area (Å²) >= 11 is 0. The van der Waals surface area contributed by atoms with E-state index in [0.717, 1.165) is 18.4 Å². The third-order valence-electron chi connectivity index (χ3n) is 8.39. The first kappa shape index (κ1) is 26.3. The Kier molecular flexibility index (Phi) is 7.25. The zero-order valence-electron chi connectivity index (χ0n) is 21.5. The number of piperidine rings is 2. The smallest absolute Gasteiger partial charge is 0.255 e. The molecule has 3 aliphatic heterocycles. The molecule has 5 aliphatic rings. The number of hydrogen-bond acceptors (Lipinski definition) is 6. The van der Waals surface area contributed by atoms with E-state index >= 15 is 8.78 Å². The number of nitriles is 1. The first-order valence-electron chi connectivity index (χ1n) is 13.5. The number of aryl methyl sites for hydroxylation is 1. The number of amides is 3. The van der Waals surface area contributed by atoms with Crippen molar-refractivity contribution in [3.8, 4) is 6.07 Å². The number of fused-ring (bicyclic) bond motifs is 3. The van der Waals surface area contributed by atoms with Gasteiger partial charge in [0, 0.05) is 37.3 Å². The molecule has 3 amide bonds. The summed E-state index contributed by atoms with van der Waals surface area (Å²) in [5, 5.41) is 18.2. The van der Waals surface area contributed by atoms with Crippen LogP contribution in [0.4, 0.5) is 14.5 Å². The van der Waals surface area contributed by atoms with Crippen LogP contribution in [0.5, 0.6) is 0 Å². The highest BCUT2D eigenvalue weighted by atomic mass is 19.3. The lowest BCUT2D eigenvalue weighted by atomic mass is 9.71. The molecular formula is C27H34F2N6O3. The molecule has 0 radical (unpaired) electrons. The third-order valence-corrected chi connectivity index (χ3v) is 8.39. The van der Waals surface area contributed by atoms with Crippen molar-refractivity contribution in [1.82, 2.24) is 20.5 Å². The fourth-order valence-electron chi connectivity index (χ4n) is 6.30. The lowest BCUT2D eigenvalue weighted by molar-refractivity contribution is -0.194. The molecule has 6 rings (SSSR count). The summed E-state index contributed by atoms with van der Waals surface area (Å²) in [6.07, 6.45) is 6.59. The van der Waals surface area contributed by atoms with Gasteiger partial charge in [0.2, 0.25) is 17.7 Å². The predicted molar refractivity (Wildman–Crippen MR) is 134 cm³/mol. The van der Waals surface area contributed by atoms with E-state index in [0.29, 0.717) is 37.4 Å². The van der Waals surface area contributed by atoms with E-state index < -0.39 is 54.3 Å². The van der Waals surface area contributed by atoms with Gasteiger partial charge in [-0.15, -0.1) is 0 Å². The van der Waals surface area contributed by atoms with Gasteiger partial charge in [-0.1, -0.05) is 12.8 Å². The van der Waals surface area contributed by atoms with Gasteiger partial charge >= 0.3 is 0 Å². The molecule has 1 aromatic rings. The van der Waals surface area contributed by atoms with Crippen molar-refractivity contribution < 1.29 is 23.2 Å². The number of nitrogens with one attached hydrogen (secondary N) is 3. The molecule has 0 aromatic carbocycles. The number of aromatic nitrogens is 1. The number of carbonyl (C=O) groups excluding carboxylic acids is 3. The van der Waals surface area contributed by atoms with E-state index in [1.165, 1.54) is 4.90 Å². The van der Waals surface area contributed by atoms with E-state index in [9.17, 15) is 19.6 Å². The van der Waals surface area contributed by atoms with Crippen LogP contribution in [0.15, 0.2) is 18.5 Å². The van der Waals surface area contributed by atoms with Crippen molar-refractivity contribution in [3.63, 3.8) is 0 Å². The van der Waals surface area contributed by atoms with E-state index in [1.54, 1.807) is 12.4 Å². The van der Waals surface area contributed by atoms with Crippen LogP contribution in [-0.4, -0.2) is 64.2 Å². The molecule has 2 aliphatic carbocycles. The molecular weight excluding hydrogens is 494 g/mol. The summed E-state index contributed by atoms with van der Waals surface area (Å²) in [6, 6.07) is 0.0408. The third kappa shape index (κ3) is 5.45. The van der Waals surface area contributed by atoms with Crippen LogP contribution in [0.2, 0.25) is 0 Å². The van der Waals surface area contributed by atoms with Crippen LogP contribution in [0.3, 0.4) is 0 Å². The van der Waals surface area contributed by atoms with Gasteiger partial charge in [0.05, 0.1) is 17.7 Å². The maximum absolute atomic E-state index is 15.1. The molecule has 11 heteroatoms. The Morgan fingerprint density at radius 1 is 1.24 bits per heavy atom. The van der Waals surface area contributed by atoms with Crippen molar-refractivity contribution in [1.29, 1.82) is 5.26 Å². The van der Waals surface area contributed by atoms with Crippen LogP contribution >= 0.6 is 0 Å². The van der Waals surface area contributed by atoms with Crippen LogP contribution in [0.1, 0.15) is 56.9 Å². The zero-order valence-corrected chi connectivity index (χ0v) is 21.5. The number of pyridine rings is 1. The van der Waals surface area contributed by atoms with Crippen molar-refractivity contribution in [3.05, 3.63) is 24.0 Å². The topological polar surface area (TPSA) is 127 Å². The summed E-state index contributed by atoms with van der Waals surface area (Å²) < 4.78 is 30.2. The summed E-state index contributed by atoms with van der Waals surface area (Å²) in [5.74, 6) is -5.77. The zero-order chi connectivity index (χ0) is 27.0. The molecule has 4 heterocycles. The number of halogens is 2. The number of rotatable bonds is 9. The second-order valence-electron chi connectivity index (χ2n) is 11.3. The molecule has 9 nitrogen and oxygen atoms in total. The minimum Gasteiger partial charge on any atom is -0.372 e. The normalized spacial score (nSPS) is 29.2. The first-order valence-corrected chi connectivity index (χ1v) is 13.5. The van der Waals surface area contributed by atoms with Gasteiger partial charge in [-0.2, -0.15) is 5.26 Å². The maximum Gasteiger partial charge on any atom is 0.255 e. The van der Waals surface area contributed by atoms with Gasteiger partial charge < -0.3 is 20.9 Å². The Hall–Kier alpha value is -3.29. The molecule has 1 aromatic heterocycles. The quantitative estimate of drug-likeness (QED) is 0.452. The van der Waals surface area contributed by atoms with Crippen LogP contribution in [0, 0.1) is 36.0 Å². The summed E-state index contributed by atoms with van der Waals surface area (Å²) in [7, 11) is 0. The molecule has 0 spiro atoms. The van der Waals surface area contributed by atoms with Crippen molar-refractivity contribution >= 4 is 23.4 Å². The number of alkyl halides is 2. The Morgan fingerprint density at radius 3 is 2.66 bits per heavy atom. The molecule has 3 N–H and O–H groups in total. The molecule has 2 saturated carbocycles. The SMILES string of the molecule is Cc1cncc(N[C@H](CC2CC2)C(=O)N2[C@H]3CC[C@@H]([C@H]2C(=O)N[C@@H](C#N)C[C@H]2CCNC2=O)C(F)(F)C3)c1. The fraction of sp³-hybridized carbons (Fsp3) is 0.667. The van der Waals surface area contributed by atoms with Gasteiger partial charge in [0.1, 0.15) is 18.1 Å². The lowest BCUT2D eigenvalue weighted by Gasteiger charge is -2.54. The molecule has 0 unspecified atom stereocenters. The largest absolute Gasteiger partial charge is 0.372 e. The summed E-state index contributed by atoms with van der Waals surface area (Å²) in [6.45, 7) is 2.39. The average molecular weight is 529 g/mol. The highest BCUT2D eigenvalue weighted by Crippen LogP contribution is 2.49. The second kappa shape index (κ2) is 10.5. The number of nitrogens with zero attached hydrogens (tertiary/aromatic N) is 3. The minimum atomic E-state index is -3.09. The van der Waals surface area contributed by atoms with E-state index in [2.05, 4.69) is 20.9 Å². The van der Waals surface area contributed by atoms with Crippen molar-refractivity contribution in [2.24, 2.45) is 17.8 Å². The number of hydrogen-bond donors (Lipinski definition) is 3. The number of carbonyl (C=O) groups is 3. The highest BCUT2D eigenvalue weighted by molar-refractivity contribution is 5.92. The van der Waals surface area contributed by atoms with Crippen LogP contribution < -0.4 is 16.0 Å². The number of anilines is 1. The second-order valence-corrected chi connectivity index (χ2v) is 11.3. The van der Waals surface area contributed by atoms with Gasteiger partial charge in [0.25, 0.3) is 5.92 Å². The molecule has 204 valence electrons. The minimum absolute atomic E-state index is 0.103. The average Bonchev–Trinajstić information content (AvgIpc) is 3.61. The Balaban J connectivity index is 1.38. The van der Waals surface area contributed by atoms with Gasteiger partial charge in [0.15, 0.2) is 0 Å². The lowest BCUT2D eigenvalue weighted by Crippen LogP contribution is -2.70. The standard InChI is InChI=1S/C27H34F2N6O3/c1-15-8-19(14-31-13-15)33-22(9-16-2-3-16)26(38)35-20-4-5-21(27(28,29)11-20)23(35)25(37)34-18(12-30)10-17-6-7-32-24(17)36/h8,13-14,16-18,20-23,33H,2-7,9-11H2,1H3,(H,32,36)(H,34,37)/t17-,18-,20+,21+,22-,23+/m1/s1. The van der Waals surface area contributed by atoms with Gasteiger partial charge in [-0.3, -0.25) is 19.4 Å². The fourth-order valence-corrected chi connectivity index (χ4v) is 6.30. The van der Waals surface area contributed by atoms with Crippen LogP contribution in [-0.2, 0) is 14.4 Å². The van der Waals surface area contributed by atoms with Crippen LogP contribution in [0.25, 0.3) is 0 Å². The van der Waals surface area contributed by atoms with Crippen molar-refractivity contribution in [2.45, 2.75) is 88.4 Å². The summed E-state index contributed by atoms with van der Waals surface area (Å²) in [5.41, 5.74) is 1.58. The first-order chi connectivity index (χ1) is 18.2. The summed E-state index contributed by atoms with van der Waals surface area (Å²) in [4.78, 5) is 45.1. The highest BCUT2D eigenvalue weighted by Gasteiger charge is 2.61. The Labute approximate surface area is 220 Å². The maximum atomic E-state index is 15.1.